The lowest BCUT2D eigenvalue weighted by atomic mass is 10.3. The summed E-state index contributed by atoms with van der Waals surface area (Å²) in [5.74, 6) is 1.46. The molecule has 2 aromatic rings. The highest BCUT2D eigenvalue weighted by Gasteiger charge is 2.08. The zero-order valence-electron chi connectivity index (χ0n) is 12.3. The smallest absolute Gasteiger partial charge is 0.227 e. The average molecular weight is 325 g/mol. The molecule has 0 aliphatic carbocycles. The van der Waals surface area contributed by atoms with E-state index in [1.165, 1.54) is 0 Å². The maximum absolute atomic E-state index is 6.03. The number of aromatic nitrogens is 2. The zero-order valence-corrected chi connectivity index (χ0v) is 13.8. The van der Waals surface area contributed by atoms with E-state index in [-0.39, 0.29) is 0 Å². The van der Waals surface area contributed by atoms with E-state index >= 15 is 0 Å². The predicted octanol–water partition coefficient (Wildman–Crippen LogP) is 4.68. The molecular weight excluding hydrogens is 307 g/mol. The van der Waals surface area contributed by atoms with E-state index in [9.17, 15) is 0 Å². The molecule has 0 radical (unpaired) electrons. The molecular formula is C15H18Cl2N4. The van der Waals surface area contributed by atoms with Crippen molar-refractivity contribution >= 4 is 40.7 Å². The Morgan fingerprint density at radius 1 is 1.05 bits per heavy atom. The number of aryl methyl sites for hydroxylation is 1. The summed E-state index contributed by atoms with van der Waals surface area (Å²) >= 11 is 11.9. The van der Waals surface area contributed by atoms with Crippen LogP contribution < -0.4 is 10.2 Å². The minimum absolute atomic E-state index is 0.511. The van der Waals surface area contributed by atoms with Crippen molar-refractivity contribution in [2.24, 2.45) is 0 Å². The van der Waals surface area contributed by atoms with Crippen LogP contribution in [0.2, 0.25) is 10.0 Å². The van der Waals surface area contributed by atoms with Crippen molar-refractivity contribution < 1.29 is 0 Å². The highest BCUT2D eigenvalue weighted by molar-refractivity contribution is 6.42. The SMILES string of the molecule is CCN(CC)c1nc(C)cc(Nc2ccc(Cl)c(Cl)c2)n1. The summed E-state index contributed by atoms with van der Waals surface area (Å²) < 4.78 is 0. The lowest BCUT2D eigenvalue weighted by Gasteiger charge is -2.19. The van der Waals surface area contributed by atoms with Crippen molar-refractivity contribution in [3.05, 3.63) is 40.0 Å². The van der Waals surface area contributed by atoms with Crippen molar-refractivity contribution in [3.8, 4) is 0 Å². The van der Waals surface area contributed by atoms with Gasteiger partial charge in [-0.15, -0.1) is 0 Å². The van der Waals surface area contributed by atoms with Gasteiger partial charge < -0.3 is 10.2 Å². The topological polar surface area (TPSA) is 41.1 Å². The monoisotopic (exact) mass is 324 g/mol. The third-order valence-electron chi connectivity index (χ3n) is 3.08. The first-order valence-electron chi connectivity index (χ1n) is 6.86. The van der Waals surface area contributed by atoms with Crippen LogP contribution in [0.15, 0.2) is 24.3 Å². The normalized spacial score (nSPS) is 10.5. The van der Waals surface area contributed by atoms with Gasteiger partial charge in [0, 0.05) is 30.5 Å². The van der Waals surface area contributed by atoms with Crippen molar-refractivity contribution in [1.29, 1.82) is 0 Å². The number of anilines is 3. The summed E-state index contributed by atoms with van der Waals surface area (Å²) in [7, 11) is 0. The van der Waals surface area contributed by atoms with E-state index in [1.54, 1.807) is 12.1 Å². The fourth-order valence-electron chi connectivity index (χ4n) is 1.99. The van der Waals surface area contributed by atoms with Gasteiger partial charge in [-0.25, -0.2) is 4.98 Å². The van der Waals surface area contributed by atoms with Gasteiger partial charge in [0.05, 0.1) is 10.0 Å². The van der Waals surface area contributed by atoms with Gasteiger partial charge >= 0.3 is 0 Å². The Balaban J connectivity index is 2.29. The molecule has 1 aromatic carbocycles. The lowest BCUT2D eigenvalue weighted by molar-refractivity contribution is 0.817. The standard InChI is InChI=1S/C15H18Cl2N4/c1-4-21(5-2)15-18-10(3)8-14(20-15)19-11-6-7-12(16)13(17)9-11/h6-9H,4-5H2,1-3H3,(H,18,19,20). The van der Waals surface area contributed by atoms with E-state index < -0.39 is 0 Å². The van der Waals surface area contributed by atoms with Crippen LogP contribution in [0.3, 0.4) is 0 Å². The molecule has 0 atom stereocenters. The van der Waals surface area contributed by atoms with Gasteiger partial charge in [0.2, 0.25) is 5.95 Å². The van der Waals surface area contributed by atoms with Crippen LogP contribution >= 0.6 is 23.2 Å². The molecule has 4 nitrogen and oxygen atoms in total. The lowest BCUT2D eigenvalue weighted by Crippen LogP contribution is -2.24. The van der Waals surface area contributed by atoms with Gasteiger partial charge in [-0.05, 0) is 39.0 Å². The average Bonchev–Trinajstić information content (AvgIpc) is 2.44. The molecule has 6 heteroatoms. The van der Waals surface area contributed by atoms with Crippen molar-refractivity contribution in [2.45, 2.75) is 20.8 Å². The highest BCUT2D eigenvalue weighted by Crippen LogP contribution is 2.27. The fraction of sp³-hybridized carbons (Fsp3) is 0.333. The van der Waals surface area contributed by atoms with Gasteiger partial charge in [0.15, 0.2) is 0 Å². The minimum Gasteiger partial charge on any atom is -0.341 e. The Hall–Kier alpha value is -1.52. The Morgan fingerprint density at radius 2 is 1.76 bits per heavy atom. The van der Waals surface area contributed by atoms with Crippen LogP contribution in [0, 0.1) is 6.92 Å². The van der Waals surface area contributed by atoms with Crippen LogP contribution in [0.1, 0.15) is 19.5 Å². The largest absolute Gasteiger partial charge is 0.341 e. The van der Waals surface area contributed by atoms with Crippen molar-refractivity contribution in [2.75, 3.05) is 23.3 Å². The highest BCUT2D eigenvalue weighted by atomic mass is 35.5. The third-order valence-corrected chi connectivity index (χ3v) is 3.82. The van der Waals surface area contributed by atoms with Gasteiger partial charge in [-0.1, -0.05) is 23.2 Å². The molecule has 1 aromatic heterocycles. The molecule has 112 valence electrons. The summed E-state index contributed by atoms with van der Waals surface area (Å²) in [6.45, 7) is 7.86. The summed E-state index contributed by atoms with van der Waals surface area (Å²) in [4.78, 5) is 11.1. The second kappa shape index (κ2) is 6.96. The molecule has 0 bridgehead atoms. The second-order valence-electron chi connectivity index (χ2n) is 4.62. The summed E-state index contributed by atoms with van der Waals surface area (Å²) in [5, 5.41) is 4.28. The van der Waals surface area contributed by atoms with E-state index in [4.69, 9.17) is 23.2 Å². The molecule has 0 saturated heterocycles. The minimum atomic E-state index is 0.511. The molecule has 0 amide bonds. The number of halogens is 2. The van der Waals surface area contributed by atoms with Crippen molar-refractivity contribution in [3.63, 3.8) is 0 Å². The summed E-state index contributed by atoms with van der Waals surface area (Å²) in [6.07, 6.45) is 0. The molecule has 1 N–H and O–H groups in total. The van der Waals surface area contributed by atoms with Crippen LogP contribution in [0.25, 0.3) is 0 Å². The molecule has 0 aliphatic rings. The Kier molecular flexibility index (Phi) is 5.26. The molecule has 0 unspecified atom stereocenters. The number of rotatable bonds is 5. The maximum atomic E-state index is 6.03. The first-order chi connectivity index (χ1) is 10.0. The van der Waals surface area contributed by atoms with Gasteiger partial charge in [0.25, 0.3) is 0 Å². The van der Waals surface area contributed by atoms with E-state index in [0.29, 0.717) is 10.0 Å². The molecule has 0 aliphatic heterocycles. The summed E-state index contributed by atoms with van der Waals surface area (Å²) in [6, 6.07) is 7.29. The first kappa shape index (κ1) is 15.9. The van der Waals surface area contributed by atoms with Crippen LogP contribution in [-0.4, -0.2) is 23.1 Å². The number of nitrogens with one attached hydrogen (secondary N) is 1. The second-order valence-corrected chi connectivity index (χ2v) is 5.44. The zero-order chi connectivity index (χ0) is 15.4. The number of hydrogen-bond acceptors (Lipinski definition) is 4. The quantitative estimate of drug-likeness (QED) is 0.866. The van der Waals surface area contributed by atoms with E-state index in [1.807, 2.05) is 19.1 Å². The van der Waals surface area contributed by atoms with Gasteiger partial charge in [0.1, 0.15) is 5.82 Å². The number of hydrogen-bond donors (Lipinski definition) is 1. The van der Waals surface area contributed by atoms with Crippen molar-refractivity contribution in [1.82, 2.24) is 9.97 Å². The molecule has 2 rings (SSSR count). The number of nitrogens with zero attached hydrogens (tertiary/aromatic N) is 3. The van der Waals surface area contributed by atoms with Crippen LogP contribution in [0.5, 0.6) is 0 Å². The third kappa shape index (κ3) is 3.99. The Bertz CT molecular complexity index is 627. The molecule has 21 heavy (non-hydrogen) atoms. The summed E-state index contributed by atoms with van der Waals surface area (Å²) in [5.41, 5.74) is 1.75. The Morgan fingerprint density at radius 3 is 2.38 bits per heavy atom. The van der Waals surface area contributed by atoms with Gasteiger partial charge in [-0.2, -0.15) is 4.98 Å². The van der Waals surface area contributed by atoms with E-state index in [2.05, 4.69) is 34.0 Å². The molecule has 0 saturated carbocycles. The number of benzene rings is 1. The fourth-order valence-corrected chi connectivity index (χ4v) is 2.28. The van der Waals surface area contributed by atoms with Gasteiger partial charge in [-0.3, -0.25) is 0 Å². The molecule has 1 heterocycles. The maximum Gasteiger partial charge on any atom is 0.227 e. The predicted molar refractivity (Wildman–Crippen MR) is 90.1 cm³/mol. The molecule has 0 spiro atoms. The van der Waals surface area contributed by atoms with Crippen LogP contribution in [-0.2, 0) is 0 Å². The van der Waals surface area contributed by atoms with Crippen LogP contribution in [0.4, 0.5) is 17.5 Å². The Labute approximate surface area is 135 Å². The first-order valence-corrected chi connectivity index (χ1v) is 7.61. The molecule has 0 fully saturated rings. The van der Waals surface area contributed by atoms with E-state index in [0.717, 1.165) is 36.2 Å².